The van der Waals surface area contributed by atoms with E-state index >= 15 is 4.39 Å². The van der Waals surface area contributed by atoms with Crippen LogP contribution in [-0.4, -0.2) is 50.5 Å². The Hall–Kier alpha value is -3.37. The first kappa shape index (κ1) is 27.2. The lowest BCUT2D eigenvalue weighted by atomic mass is 9.95. The molecule has 1 saturated carbocycles. The Bertz CT molecular complexity index is 1200. The summed E-state index contributed by atoms with van der Waals surface area (Å²) in [6.07, 6.45) is 5.07. The number of fused-ring (bicyclic) bond motifs is 1. The molecule has 3 rings (SSSR count). The lowest BCUT2D eigenvalue weighted by Gasteiger charge is -2.28. The van der Waals surface area contributed by atoms with Crippen LogP contribution in [0.25, 0.3) is 10.9 Å². The molecule has 0 amide bonds. The molecular weight excluding hydrogens is 471 g/mol. The number of aliphatic carboxylic acids is 2. The molecular formula is C25H35FN4O6. The maximum Gasteiger partial charge on any atom is 0.350 e. The number of nitrogens with zero attached hydrogens (tertiary/aromatic N) is 3. The van der Waals surface area contributed by atoms with Crippen molar-refractivity contribution in [2.24, 2.45) is 0 Å². The van der Waals surface area contributed by atoms with E-state index in [9.17, 15) is 19.2 Å². The average Bonchev–Trinajstić information content (AvgIpc) is 2.80. The van der Waals surface area contributed by atoms with E-state index in [1.54, 1.807) is 13.8 Å². The van der Waals surface area contributed by atoms with Crippen LogP contribution in [0.3, 0.4) is 0 Å². The minimum Gasteiger partial charge on any atom is -0.481 e. The molecule has 0 radical (unpaired) electrons. The number of carboxylic acids is 2. The normalized spacial score (nSPS) is 14.3. The van der Waals surface area contributed by atoms with Crippen LogP contribution in [0.5, 0.6) is 0 Å². The van der Waals surface area contributed by atoms with Crippen molar-refractivity contribution in [3.05, 3.63) is 38.8 Å². The lowest BCUT2D eigenvalue weighted by Crippen LogP contribution is -2.53. The molecule has 0 saturated heterocycles. The van der Waals surface area contributed by atoms with E-state index < -0.39 is 29.0 Å². The van der Waals surface area contributed by atoms with Crippen LogP contribution in [-0.2, 0) is 9.59 Å². The van der Waals surface area contributed by atoms with E-state index in [1.165, 1.54) is 15.6 Å². The molecule has 2 aromatic rings. The Balaban J connectivity index is 2.10. The molecule has 3 N–H and O–H groups in total. The molecule has 1 aliphatic carbocycles. The second-order valence-electron chi connectivity index (χ2n) is 9.64. The zero-order valence-corrected chi connectivity index (χ0v) is 20.8. The number of halogens is 1. The second kappa shape index (κ2) is 12.0. The van der Waals surface area contributed by atoms with Gasteiger partial charge in [0.15, 0.2) is 0 Å². The summed E-state index contributed by atoms with van der Waals surface area (Å²) in [5.41, 5.74) is -0.795. The highest BCUT2D eigenvalue weighted by Gasteiger charge is 2.23. The number of rotatable bonds is 12. The Kier molecular flexibility index (Phi) is 9.11. The summed E-state index contributed by atoms with van der Waals surface area (Å²) in [5.74, 6) is -2.63. The van der Waals surface area contributed by atoms with Gasteiger partial charge in [-0.25, -0.2) is 9.18 Å². The monoisotopic (exact) mass is 506 g/mol. The number of nitrogens with one attached hydrogen (secondary N) is 1. The summed E-state index contributed by atoms with van der Waals surface area (Å²) >= 11 is 0. The van der Waals surface area contributed by atoms with Crippen molar-refractivity contribution in [1.29, 1.82) is 0 Å². The molecule has 10 nitrogen and oxygen atoms in total. The Morgan fingerprint density at radius 2 is 1.64 bits per heavy atom. The zero-order chi connectivity index (χ0) is 26.4. The molecule has 0 unspecified atom stereocenters. The third kappa shape index (κ3) is 6.44. The highest BCUT2D eigenvalue weighted by molar-refractivity contribution is 5.82. The van der Waals surface area contributed by atoms with E-state index in [0.29, 0.717) is 5.52 Å². The Morgan fingerprint density at radius 1 is 1.06 bits per heavy atom. The van der Waals surface area contributed by atoms with E-state index in [0.717, 1.165) is 42.8 Å². The molecule has 1 heterocycles. The van der Waals surface area contributed by atoms with Gasteiger partial charge >= 0.3 is 17.6 Å². The topological polar surface area (TPSA) is 134 Å². The molecule has 1 aliphatic rings. The maximum atomic E-state index is 15.2. The van der Waals surface area contributed by atoms with Crippen LogP contribution < -0.4 is 21.6 Å². The van der Waals surface area contributed by atoms with Crippen LogP contribution in [0.2, 0.25) is 0 Å². The first-order valence-corrected chi connectivity index (χ1v) is 12.6. The first-order chi connectivity index (χ1) is 17.1. The molecule has 0 spiro atoms. The number of aromatic nitrogens is 2. The summed E-state index contributed by atoms with van der Waals surface area (Å²) < 4.78 is 17.5. The van der Waals surface area contributed by atoms with Gasteiger partial charge in [0.25, 0.3) is 5.56 Å². The number of carboxylic acid groups (broad SMARTS) is 2. The minimum atomic E-state index is -1.02. The number of benzene rings is 1. The van der Waals surface area contributed by atoms with Gasteiger partial charge in [-0.05, 0) is 51.7 Å². The molecule has 11 heteroatoms. The lowest BCUT2D eigenvalue weighted by molar-refractivity contribution is -0.138. The van der Waals surface area contributed by atoms with Gasteiger partial charge in [0.05, 0.1) is 16.6 Å². The molecule has 0 bridgehead atoms. The van der Waals surface area contributed by atoms with Crippen molar-refractivity contribution in [2.45, 2.75) is 83.7 Å². The van der Waals surface area contributed by atoms with Crippen LogP contribution in [0.15, 0.2) is 21.7 Å². The molecule has 36 heavy (non-hydrogen) atoms. The second-order valence-corrected chi connectivity index (χ2v) is 9.64. The fraction of sp³-hybridized carbons (Fsp3) is 0.600. The van der Waals surface area contributed by atoms with Gasteiger partial charge in [-0.1, -0.05) is 19.3 Å². The fourth-order valence-corrected chi connectivity index (χ4v) is 4.80. The first-order valence-electron chi connectivity index (χ1n) is 12.6. The largest absolute Gasteiger partial charge is 0.481 e. The predicted octanol–water partition coefficient (Wildman–Crippen LogP) is 3.30. The van der Waals surface area contributed by atoms with Crippen LogP contribution in [0.1, 0.15) is 77.7 Å². The van der Waals surface area contributed by atoms with Gasteiger partial charge in [0.2, 0.25) is 0 Å². The van der Waals surface area contributed by atoms with Gasteiger partial charge in [-0.15, -0.1) is 0 Å². The highest BCUT2D eigenvalue weighted by atomic mass is 19.1. The number of hydrogen-bond acceptors (Lipinski definition) is 6. The highest BCUT2D eigenvalue weighted by Crippen LogP contribution is 2.26. The summed E-state index contributed by atoms with van der Waals surface area (Å²) in [6, 6.07) is 2.43. The van der Waals surface area contributed by atoms with Crippen LogP contribution >= 0.6 is 0 Å². The molecule has 1 aromatic heterocycles. The Morgan fingerprint density at radius 3 is 2.17 bits per heavy atom. The number of anilines is 1. The molecule has 1 aromatic carbocycles. The third-order valence-electron chi connectivity index (χ3n) is 6.53. The quantitative estimate of drug-likeness (QED) is 0.399. The summed E-state index contributed by atoms with van der Waals surface area (Å²) in [6.45, 7) is 3.67. The van der Waals surface area contributed by atoms with Crippen molar-refractivity contribution in [3.63, 3.8) is 0 Å². The zero-order valence-electron chi connectivity index (χ0n) is 20.8. The molecule has 1 fully saturated rings. The standard InChI is InChI=1S/C25H35FN4O6/c1-16(2)29-21-15-20(27-17-8-4-3-5-9-17)19(26)14-18(21)24(35)30(25(29)36)28(12-6-10-22(31)32)13-7-11-23(33)34/h14-17,27H,3-13H2,1-2H3,(H,31,32)(H,33,34). The van der Waals surface area contributed by atoms with Crippen molar-refractivity contribution < 1.29 is 24.2 Å². The van der Waals surface area contributed by atoms with Gasteiger partial charge < -0.3 is 20.5 Å². The van der Waals surface area contributed by atoms with E-state index in [1.807, 2.05) is 0 Å². The third-order valence-corrected chi connectivity index (χ3v) is 6.53. The van der Waals surface area contributed by atoms with Gasteiger partial charge in [0, 0.05) is 38.0 Å². The maximum absolute atomic E-state index is 15.2. The predicted molar refractivity (Wildman–Crippen MR) is 135 cm³/mol. The van der Waals surface area contributed by atoms with Crippen molar-refractivity contribution in [2.75, 3.05) is 23.4 Å². The Labute approximate surface area is 208 Å². The molecule has 0 aliphatic heterocycles. The van der Waals surface area contributed by atoms with Crippen LogP contribution in [0, 0.1) is 5.82 Å². The SMILES string of the molecule is CC(C)n1c(=O)n(N(CCCC(=O)O)CCCC(=O)O)c(=O)c2cc(F)c(NC3CCCCC3)cc21. The minimum absolute atomic E-state index is 0.0245. The number of carbonyl (C=O) groups is 2. The van der Waals surface area contributed by atoms with E-state index in [4.69, 9.17) is 10.2 Å². The molecule has 0 atom stereocenters. The fourth-order valence-electron chi connectivity index (χ4n) is 4.80. The van der Waals surface area contributed by atoms with Crippen molar-refractivity contribution in [1.82, 2.24) is 9.24 Å². The average molecular weight is 507 g/mol. The van der Waals surface area contributed by atoms with Gasteiger partial charge in [-0.3, -0.25) is 19.0 Å². The summed E-state index contributed by atoms with van der Waals surface area (Å²) in [7, 11) is 0. The van der Waals surface area contributed by atoms with E-state index in [-0.39, 0.29) is 61.9 Å². The van der Waals surface area contributed by atoms with Crippen LogP contribution in [0.4, 0.5) is 10.1 Å². The van der Waals surface area contributed by atoms with Gasteiger partial charge in [-0.2, -0.15) is 4.68 Å². The van der Waals surface area contributed by atoms with Crippen molar-refractivity contribution in [3.8, 4) is 0 Å². The summed E-state index contributed by atoms with van der Waals surface area (Å²) in [5, 5.41) is 22.7. The van der Waals surface area contributed by atoms with Crippen molar-refractivity contribution >= 4 is 28.5 Å². The van der Waals surface area contributed by atoms with Gasteiger partial charge in [0.1, 0.15) is 5.82 Å². The van der Waals surface area contributed by atoms with E-state index in [2.05, 4.69) is 5.32 Å². The molecule has 198 valence electrons. The summed E-state index contributed by atoms with van der Waals surface area (Å²) in [4.78, 5) is 49.1. The number of hydrogen-bond donors (Lipinski definition) is 3. The smallest absolute Gasteiger partial charge is 0.350 e.